The first-order valence-corrected chi connectivity index (χ1v) is 7.49. The van der Waals surface area contributed by atoms with Gasteiger partial charge in [-0.05, 0) is 38.9 Å². The number of hydrogen-bond acceptors (Lipinski definition) is 4. The lowest BCUT2D eigenvalue weighted by Crippen LogP contribution is -2.38. The van der Waals surface area contributed by atoms with Gasteiger partial charge in [0.25, 0.3) is 0 Å². The fourth-order valence-corrected chi connectivity index (χ4v) is 2.88. The van der Waals surface area contributed by atoms with Crippen LogP contribution < -0.4 is 10.1 Å². The molecule has 1 aromatic carbocycles. The van der Waals surface area contributed by atoms with Crippen molar-refractivity contribution < 1.29 is 9.84 Å². The summed E-state index contributed by atoms with van der Waals surface area (Å²) in [6.07, 6.45) is 2.60. The molecule has 1 aromatic rings. The van der Waals surface area contributed by atoms with Crippen molar-refractivity contribution in [3.05, 3.63) is 22.7 Å². The number of phenols is 1. The van der Waals surface area contributed by atoms with Gasteiger partial charge in [-0.3, -0.25) is 4.90 Å². The maximum absolute atomic E-state index is 10.1. The summed E-state index contributed by atoms with van der Waals surface area (Å²) in [6.45, 7) is 6.10. The monoisotopic (exact) mass is 298 g/mol. The smallest absolute Gasteiger partial charge is 0.162 e. The zero-order valence-corrected chi connectivity index (χ0v) is 12.9. The second-order valence-corrected chi connectivity index (χ2v) is 5.78. The highest BCUT2D eigenvalue weighted by atomic mass is 35.5. The second kappa shape index (κ2) is 7.16. The Kier molecular flexibility index (Phi) is 5.52. The first kappa shape index (κ1) is 15.4. The van der Waals surface area contributed by atoms with Crippen molar-refractivity contribution in [3.63, 3.8) is 0 Å². The average Bonchev–Trinajstić information content (AvgIpc) is 2.96. The minimum absolute atomic E-state index is 0.165. The molecule has 4 nitrogen and oxygen atoms in total. The molecule has 0 amide bonds. The van der Waals surface area contributed by atoms with E-state index in [9.17, 15) is 5.11 Å². The van der Waals surface area contributed by atoms with Gasteiger partial charge in [-0.2, -0.15) is 0 Å². The first-order chi connectivity index (χ1) is 9.61. The van der Waals surface area contributed by atoms with Crippen molar-refractivity contribution in [2.45, 2.75) is 32.4 Å². The Labute approximate surface area is 125 Å². The van der Waals surface area contributed by atoms with E-state index in [0.717, 1.165) is 12.1 Å². The molecule has 2 N–H and O–H groups in total. The predicted molar refractivity (Wildman–Crippen MR) is 81.6 cm³/mol. The topological polar surface area (TPSA) is 44.7 Å². The SMILES string of the molecule is COc1cc(Cl)cc(CNCC(C)N2CCCC2)c1O. The number of hydrogen-bond donors (Lipinski definition) is 2. The summed E-state index contributed by atoms with van der Waals surface area (Å²) < 4.78 is 5.10. The zero-order chi connectivity index (χ0) is 14.5. The molecule has 0 aromatic heterocycles. The van der Waals surface area contributed by atoms with Crippen molar-refractivity contribution in [2.75, 3.05) is 26.7 Å². The van der Waals surface area contributed by atoms with E-state index in [2.05, 4.69) is 17.1 Å². The van der Waals surface area contributed by atoms with E-state index in [1.807, 2.05) is 0 Å². The summed E-state index contributed by atoms with van der Waals surface area (Å²) in [5.41, 5.74) is 0.767. The molecule has 1 saturated heterocycles. The van der Waals surface area contributed by atoms with Crippen molar-refractivity contribution in [3.8, 4) is 11.5 Å². The Morgan fingerprint density at radius 2 is 2.10 bits per heavy atom. The largest absolute Gasteiger partial charge is 0.504 e. The predicted octanol–water partition coefficient (Wildman–Crippen LogP) is 2.63. The van der Waals surface area contributed by atoms with Gasteiger partial charge in [0.1, 0.15) is 0 Å². The molecule has 1 aliphatic rings. The molecule has 1 aliphatic heterocycles. The van der Waals surface area contributed by atoms with E-state index in [4.69, 9.17) is 16.3 Å². The molecule has 112 valence electrons. The van der Waals surface area contributed by atoms with E-state index in [1.165, 1.54) is 33.0 Å². The lowest BCUT2D eigenvalue weighted by Gasteiger charge is -2.24. The molecular weight excluding hydrogens is 276 g/mol. The molecule has 0 spiro atoms. The van der Waals surface area contributed by atoms with Gasteiger partial charge < -0.3 is 15.2 Å². The number of nitrogens with one attached hydrogen (secondary N) is 1. The standard InChI is InChI=1S/C15H23ClN2O2/c1-11(18-5-3-4-6-18)9-17-10-12-7-13(16)8-14(20-2)15(12)19/h7-8,11,17,19H,3-6,9-10H2,1-2H3. The van der Waals surface area contributed by atoms with Gasteiger partial charge in [-0.1, -0.05) is 11.6 Å². The fraction of sp³-hybridized carbons (Fsp3) is 0.600. The minimum Gasteiger partial charge on any atom is -0.504 e. The van der Waals surface area contributed by atoms with Crippen molar-refractivity contribution in [2.24, 2.45) is 0 Å². The highest BCUT2D eigenvalue weighted by Gasteiger charge is 2.17. The number of aromatic hydroxyl groups is 1. The molecule has 1 fully saturated rings. The highest BCUT2D eigenvalue weighted by Crippen LogP contribution is 2.33. The maximum atomic E-state index is 10.1. The van der Waals surface area contributed by atoms with Crippen molar-refractivity contribution in [1.29, 1.82) is 0 Å². The molecule has 0 bridgehead atoms. The number of methoxy groups -OCH3 is 1. The van der Waals surface area contributed by atoms with Crippen LogP contribution in [0.15, 0.2) is 12.1 Å². The number of nitrogens with zero attached hydrogens (tertiary/aromatic N) is 1. The molecule has 20 heavy (non-hydrogen) atoms. The van der Waals surface area contributed by atoms with Crippen LogP contribution in [0.2, 0.25) is 5.02 Å². The lowest BCUT2D eigenvalue weighted by molar-refractivity contribution is 0.251. The van der Waals surface area contributed by atoms with Crippen LogP contribution in [0.25, 0.3) is 0 Å². The van der Waals surface area contributed by atoms with E-state index < -0.39 is 0 Å². The summed E-state index contributed by atoms with van der Waals surface area (Å²) in [5, 5.41) is 14.0. The molecule has 0 radical (unpaired) electrons. The van der Waals surface area contributed by atoms with Gasteiger partial charge in [0.05, 0.1) is 7.11 Å². The molecule has 1 heterocycles. The van der Waals surface area contributed by atoms with Gasteiger partial charge in [0, 0.05) is 35.8 Å². The Bertz CT molecular complexity index is 448. The van der Waals surface area contributed by atoms with Crippen LogP contribution in [0.4, 0.5) is 0 Å². The molecule has 0 aliphatic carbocycles. The summed E-state index contributed by atoms with van der Waals surface area (Å²) in [6, 6.07) is 3.90. The first-order valence-electron chi connectivity index (χ1n) is 7.12. The molecule has 1 unspecified atom stereocenters. The van der Waals surface area contributed by atoms with Gasteiger partial charge >= 0.3 is 0 Å². The quantitative estimate of drug-likeness (QED) is 0.847. The zero-order valence-electron chi connectivity index (χ0n) is 12.2. The van der Waals surface area contributed by atoms with Crippen LogP contribution in [0, 0.1) is 0 Å². The van der Waals surface area contributed by atoms with Gasteiger partial charge in [0.2, 0.25) is 0 Å². The number of ether oxygens (including phenoxy) is 1. The van der Waals surface area contributed by atoms with Crippen LogP contribution in [-0.4, -0.2) is 42.8 Å². The number of halogens is 1. The Morgan fingerprint density at radius 1 is 1.40 bits per heavy atom. The molecule has 2 rings (SSSR count). The van der Waals surface area contributed by atoms with Crippen LogP contribution in [0.5, 0.6) is 11.5 Å². The van der Waals surface area contributed by atoms with Crippen molar-refractivity contribution in [1.82, 2.24) is 10.2 Å². The third-order valence-corrected chi connectivity index (χ3v) is 4.08. The summed E-state index contributed by atoms with van der Waals surface area (Å²) >= 11 is 6.02. The van der Waals surface area contributed by atoms with Crippen LogP contribution in [0.1, 0.15) is 25.3 Å². The number of rotatable bonds is 6. The van der Waals surface area contributed by atoms with E-state index in [0.29, 0.717) is 23.4 Å². The highest BCUT2D eigenvalue weighted by molar-refractivity contribution is 6.30. The van der Waals surface area contributed by atoms with Gasteiger partial charge in [-0.15, -0.1) is 0 Å². The third kappa shape index (κ3) is 3.78. The molecule has 1 atom stereocenters. The summed E-state index contributed by atoms with van der Waals surface area (Å²) in [4.78, 5) is 2.49. The fourth-order valence-electron chi connectivity index (χ4n) is 2.65. The Balaban J connectivity index is 1.88. The summed E-state index contributed by atoms with van der Waals surface area (Å²) in [7, 11) is 1.53. The minimum atomic E-state index is 0.165. The van der Waals surface area contributed by atoms with Crippen LogP contribution in [-0.2, 0) is 6.54 Å². The average molecular weight is 299 g/mol. The molecule has 5 heteroatoms. The normalized spacial score (nSPS) is 17.4. The third-order valence-electron chi connectivity index (χ3n) is 3.86. The van der Waals surface area contributed by atoms with E-state index in [-0.39, 0.29) is 5.75 Å². The Hall–Kier alpha value is -0.970. The Morgan fingerprint density at radius 3 is 2.75 bits per heavy atom. The summed E-state index contributed by atoms with van der Waals surface area (Å²) in [5.74, 6) is 0.583. The number of phenolic OH excluding ortho intramolecular Hbond substituents is 1. The molecular formula is C15H23ClN2O2. The lowest BCUT2D eigenvalue weighted by atomic mass is 10.1. The number of benzene rings is 1. The van der Waals surface area contributed by atoms with Gasteiger partial charge in [0.15, 0.2) is 11.5 Å². The maximum Gasteiger partial charge on any atom is 0.162 e. The van der Waals surface area contributed by atoms with Crippen molar-refractivity contribution >= 4 is 11.6 Å². The van der Waals surface area contributed by atoms with Crippen LogP contribution in [0.3, 0.4) is 0 Å². The van der Waals surface area contributed by atoms with Crippen LogP contribution >= 0.6 is 11.6 Å². The van der Waals surface area contributed by atoms with E-state index in [1.54, 1.807) is 12.1 Å². The molecule has 0 saturated carbocycles. The van der Waals surface area contributed by atoms with Gasteiger partial charge in [-0.25, -0.2) is 0 Å². The number of likely N-dealkylation sites (tertiary alicyclic amines) is 1. The second-order valence-electron chi connectivity index (χ2n) is 5.34. The van der Waals surface area contributed by atoms with E-state index >= 15 is 0 Å².